The fourth-order valence-corrected chi connectivity index (χ4v) is 11.4. The molecule has 0 aromatic heterocycles. The van der Waals surface area contributed by atoms with Crippen molar-refractivity contribution in [1.29, 1.82) is 0 Å². The van der Waals surface area contributed by atoms with Crippen molar-refractivity contribution in [3.05, 3.63) is 0 Å². The van der Waals surface area contributed by atoms with Gasteiger partial charge in [-0.15, -0.1) is 0 Å². The van der Waals surface area contributed by atoms with Crippen LogP contribution in [0.4, 0.5) is 0 Å². The molecule has 19 heteroatoms. The van der Waals surface area contributed by atoms with E-state index in [2.05, 4.69) is 48.5 Å². The summed E-state index contributed by atoms with van der Waals surface area (Å²) in [5.74, 6) is 0.0644. The van der Waals surface area contributed by atoms with Crippen molar-refractivity contribution in [2.24, 2.45) is 17.8 Å². The Bertz CT molecular complexity index is 1680. The van der Waals surface area contributed by atoms with E-state index in [0.29, 0.717) is 25.7 Å². The molecular weight excluding hydrogens is 1130 g/mol. The quantitative estimate of drug-likeness (QED) is 0.0222. The number of hydrogen-bond donors (Lipinski definition) is 3. The predicted molar refractivity (Wildman–Crippen MR) is 340 cm³/mol. The molecular formula is C66H128O17P2. The standard InChI is InChI=1S/C66H128O17P2/c1-8-9-10-11-12-13-18-26-33-40-47-63(68)76-54-62(83-66(71)50-43-36-29-22-21-25-32-39-46-59(6)7)56-81-85(74,75)79-52-60(67)51-78-84(72,73)80-55-61(82-65(70)49-42-35-28-20-15-17-24-31-38-45-58(4)5)53-77-64(69)48-41-34-27-19-14-16-23-30-37-44-57(2)3/h57-62,67H,8-56H2,1-7H3,(H,72,73)(H,74,75)/t60-,61-,62-/m1/s1. The van der Waals surface area contributed by atoms with Gasteiger partial charge < -0.3 is 33.8 Å². The van der Waals surface area contributed by atoms with E-state index in [1.54, 1.807) is 0 Å². The van der Waals surface area contributed by atoms with Crippen molar-refractivity contribution in [1.82, 2.24) is 0 Å². The minimum Gasteiger partial charge on any atom is -0.462 e. The average molecular weight is 1260 g/mol. The Labute approximate surface area is 517 Å². The lowest BCUT2D eigenvalue weighted by Gasteiger charge is -2.21. The summed E-state index contributed by atoms with van der Waals surface area (Å²) in [4.78, 5) is 72.3. The van der Waals surface area contributed by atoms with Gasteiger partial charge in [-0.25, -0.2) is 9.13 Å². The smallest absolute Gasteiger partial charge is 0.462 e. The molecule has 0 aromatic rings. The normalized spacial score (nSPS) is 14.3. The minimum absolute atomic E-state index is 0.104. The van der Waals surface area contributed by atoms with Crippen LogP contribution < -0.4 is 0 Å². The first-order valence-electron chi connectivity index (χ1n) is 34.3. The number of unbranched alkanes of at least 4 members (excludes halogenated alkanes) is 32. The second-order valence-corrected chi connectivity index (χ2v) is 28.2. The lowest BCUT2D eigenvalue weighted by Crippen LogP contribution is -2.30. The van der Waals surface area contributed by atoms with Crippen LogP contribution in [-0.2, 0) is 65.4 Å². The molecule has 0 amide bonds. The van der Waals surface area contributed by atoms with Gasteiger partial charge in [0.2, 0.25) is 0 Å². The first kappa shape index (κ1) is 83.1. The molecule has 0 spiro atoms. The van der Waals surface area contributed by atoms with Crippen molar-refractivity contribution in [2.75, 3.05) is 39.6 Å². The molecule has 0 aliphatic heterocycles. The average Bonchev–Trinajstić information content (AvgIpc) is 3.51. The largest absolute Gasteiger partial charge is 0.472 e. The SMILES string of the molecule is CCCCCCCCCCCCC(=O)OC[C@H](COP(=O)(O)OC[C@H](O)COP(=O)(O)OC[C@@H](COC(=O)CCCCCCCCCCCC(C)C)OC(=O)CCCCCCCCCCCC(C)C)OC(=O)CCCCCCCCCCC(C)C. The molecule has 0 radical (unpaired) electrons. The summed E-state index contributed by atoms with van der Waals surface area (Å²) in [6.45, 7) is 11.7. The van der Waals surface area contributed by atoms with Crippen LogP contribution in [0.25, 0.3) is 0 Å². The van der Waals surface area contributed by atoms with E-state index in [1.807, 2.05) is 0 Å². The summed E-state index contributed by atoms with van der Waals surface area (Å²) in [5, 5.41) is 10.6. The molecule has 0 heterocycles. The highest BCUT2D eigenvalue weighted by Crippen LogP contribution is 2.45. The summed E-state index contributed by atoms with van der Waals surface area (Å²) in [5.41, 5.74) is 0. The Hall–Kier alpha value is -1.94. The summed E-state index contributed by atoms with van der Waals surface area (Å²) in [6, 6.07) is 0. The van der Waals surface area contributed by atoms with Gasteiger partial charge in [0, 0.05) is 25.7 Å². The van der Waals surface area contributed by atoms with Gasteiger partial charge in [-0.2, -0.15) is 0 Å². The summed E-state index contributed by atoms with van der Waals surface area (Å²) >= 11 is 0. The fourth-order valence-electron chi connectivity index (χ4n) is 9.83. The molecule has 0 saturated carbocycles. The third-order valence-corrected chi connectivity index (χ3v) is 17.0. The zero-order valence-electron chi connectivity index (χ0n) is 55.1. The molecule has 85 heavy (non-hydrogen) atoms. The Balaban J connectivity index is 5.25. The van der Waals surface area contributed by atoms with Gasteiger partial charge in [0.25, 0.3) is 0 Å². The summed E-state index contributed by atoms with van der Waals surface area (Å²) in [6.07, 6.45) is 38.9. The molecule has 0 bridgehead atoms. The van der Waals surface area contributed by atoms with Crippen LogP contribution in [0, 0.1) is 17.8 Å². The first-order chi connectivity index (χ1) is 40.7. The summed E-state index contributed by atoms with van der Waals surface area (Å²) < 4.78 is 68.1. The summed E-state index contributed by atoms with van der Waals surface area (Å²) in [7, 11) is -9.89. The second kappa shape index (κ2) is 57.2. The van der Waals surface area contributed by atoms with E-state index in [9.17, 15) is 43.2 Å². The Morgan fingerprint density at radius 3 is 0.800 bits per heavy atom. The van der Waals surface area contributed by atoms with Gasteiger partial charge in [-0.1, -0.05) is 273 Å². The van der Waals surface area contributed by atoms with Crippen LogP contribution in [0.2, 0.25) is 0 Å². The van der Waals surface area contributed by atoms with Crippen molar-refractivity contribution in [3.63, 3.8) is 0 Å². The molecule has 0 rings (SSSR count). The lowest BCUT2D eigenvalue weighted by molar-refractivity contribution is -0.161. The van der Waals surface area contributed by atoms with Gasteiger partial charge in [-0.05, 0) is 43.4 Å². The van der Waals surface area contributed by atoms with Crippen LogP contribution in [0.15, 0.2) is 0 Å². The van der Waals surface area contributed by atoms with Crippen molar-refractivity contribution in [3.8, 4) is 0 Å². The third kappa shape index (κ3) is 60.7. The van der Waals surface area contributed by atoms with Crippen molar-refractivity contribution >= 4 is 39.5 Å². The van der Waals surface area contributed by atoms with E-state index in [1.165, 1.54) is 135 Å². The first-order valence-corrected chi connectivity index (χ1v) is 37.3. The van der Waals surface area contributed by atoms with Gasteiger partial charge in [-0.3, -0.25) is 37.3 Å². The highest BCUT2D eigenvalue weighted by atomic mass is 31.2. The maximum absolute atomic E-state index is 13.0. The van der Waals surface area contributed by atoms with Crippen LogP contribution in [0.3, 0.4) is 0 Å². The highest BCUT2D eigenvalue weighted by molar-refractivity contribution is 7.47. The Kier molecular flexibility index (Phi) is 55.9. The molecule has 0 aliphatic rings. The number of phosphoric acid groups is 2. The van der Waals surface area contributed by atoms with Gasteiger partial charge in [0.05, 0.1) is 26.4 Å². The van der Waals surface area contributed by atoms with Crippen LogP contribution in [-0.4, -0.2) is 96.7 Å². The van der Waals surface area contributed by atoms with Gasteiger partial charge in [0.15, 0.2) is 12.2 Å². The van der Waals surface area contributed by atoms with Crippen LogP contribution >= 0.6 is 15.6 Å². The topological polar surface area (TPSA) is 237 Å². The number of carbonyl (C=O) groups is 4. The molecule has 5 atom stereocenters. The Morgan fingerprint density at radius 1 is 0.318 bits per heavy atom. The fraction of sp³-hybridized carbons (Fsp3) is 0.939. The highest BCUT2D eigenvalue weighted by Gasteiger charge is 2.30. The van der Waals surface area contributed by atoms with E-state index < -0.39 is 97.5 Å². The molecule has 2 unspecified atom stereocenters. The number of phosphoric ester groups is 2. The predicted octanol–water partition coefficient (Wildman–Crippen LogP) is 18.3. The number of hydrogen-bond acceptors (Lipinski definition) is 15. The number of rotatable bonds is 64. The van der Waals surface area contributed by atoms with Crippen molar-refractivity contribution in [2.45, 2.75) is 343 Å². The third-order valence-electron chi connectivity index (χ3n) is 15.1. The number of esters is 4. The van der Waals surface area contributed by atoms with Crippen molar-refractivity contribution < 1.29 is 80.2 Å². The van der Waals surface area contributed by atoms with Gasteiger partial charge in [0.1, 0.15) is 19.3 Å². The monoisotopic (exact) mass is 1250 g/mol. The zero-order valence-corrected chi connectivity index (χ0v) is 56.9. The number of carbonyl (C=O) groups excluding carboxylic acids is 4. The van der Waals surface area contributed by atoms with Gasteiger partial charge >= 0.3 is 39.5 Å². The van der Waals surface area contributed by atoms with Crippen LogP contribution in [0.1, 0.15) is 325 Å². The molecule has 17 nitrogen and oxygen atoms in total. The number of aliphatic hydroxyl groups is 1. The molecule has 3 N–H and O–H groups in total. The number of ether oxygens (including phenoxy) is 4. The zero-order chi connectivity index (χ0) is 63.1. The lowest BCUT2D eigenvalue weighted by atomic mass is 10.0. The minimum atomic E-state index is -4.95. The Morgan fingerprint density at radius 2 is 0.541 bits per heavy atom. The molecule has 0 aromatic carbocycles. The second-order valence-electron chi connectivity index (χ2n) is 25.3. The maximum Gasteiger partial charge on any atom is 0.472 e. The van der Waals surface area contributed by atoms with E-state index in [4.69, 9.17) is 37.0 Å². The molecule has 504 valence electrons. The molecule has 0 aliphatic carbocycles. The molecule has 0 saturated heterocycles. The maximum atomic E-state index is 13.0. The van der Waals surface area contributed by atoms with Crippen LogP contribution in [0.5, 0.6) is 0 Å². The van der Waals surface area contributed by atoms with E-state index >= 15 is 0 Å². The van der Waals surface area contributed by atoms with E-state index in [0.717, 1.165) is 108 Å². The van der Waals surface area contributed by atoms with E-state index in [-0.39, 0.29) is 25.7 Å². The molecule has 0 fully saturated rings. The number of aliphatic hydroxyl groups excluding tert-OH is 1.